The van der Waals surface area contributed by atoms with Gasteiger partial charge in [-0.05, 0) is 13.8 Å². The Morgan fingerprint density at radius 3 is 3.00 bits per heavy atom. The van der Waals surface area contributed by atoms with Gasteiger partial charge in [-0.15, -0.1) is 0 Å². The Balaban J connectivity index is 2.36. The normalized spacial score (nSPS) is 30.1. The lowest BCUT2D eigenvalue weighted by atomic mass is 10.4. The Hall–Kier alpha value is -0.0300. The lowest BCUT2D eigenvalue weighted by Crippen LogP contribution is -2.24. The molecular formula is C8H16N2OS2. The van der Waals surface area contributed by atoms with Crippen LogP contribution in [0.25, 0.3) is 0 Å². The topological polar surface area (TPSA) is 41.5 Å². The summed E-state index contributed by atoms with van der Waals surface area (Å²) in [6.07, 6.45) is 1.72. The molecule has 1 fully saturated rings. The van der Waals surface area contributed by atoms with Crippen molar-refractivity contribution < 1.29 is 4.21 Å². The smallest absolute Gasteiger partial charge is 0.156 e. The minimum Gasteiger partial charge on any atom is -0.362 e. The molecule has 0 aliphatic carbocycles. The maximum absolute atomic E-state index is 11.0. The fraction of sp³-hybridized carbons (Fsp3) is 0.875. The van der Waals surface area contributed by atoms with E-state index in [4.69, 9.17) is 0 Å². The first-order chi connectivity index (χ1) is 6.09. The van der Waals surface area contributed by atoms with Gasteiger partial charge in [-0.2, -0.15) is 0 Å². The van der Waals surface area contributed by atoms with Gasteiger partial charge in [-0.1, -0.05) is 11.8 Å². The van der Waals surface area contributed by atoms with Crippen molar-refractivity contribution in [2.45, 2.75) is 25.1 Å². The second-order valence-corrected chi connectivity index (χ2v) is 6.12. The number of aliphatic imine (C=N–C) groups is 1. The van der Waals surface area contributed by atoms with Gasteiger partial charge < -0.3 is 5.32 Å². The Labute approximate surface area is 86.2 Å². The van der Waals surface area contributed by atoms with E-state index in [1.807, 2.05) is 6.92 Å². The highest BCUT2D eigenvalue weighted by atomic mass is 32.2. The second-order valence-electron chi connectivity index (χ2n) is 3.31. The van der Waals surface area contributed by atoms with E-state index in [0.29, 0.717) is 12.6 Å². The monoisotopic (exact) mass is 220 g/mol. The fourth-order valence-corrected chi connectivity index (χ4v) is 2.13. The average molecular weight is 220 g/mol. The molecule has 0 aromatic carbocycles. The number of hydrogen-bond donors (Lipinski definition) is 1. The molecule has 1 N–H and O–H groups in total. The van der Waals surface area contributed by atoms with Crippen LogP contribution in [-0.4, -0.2) is 39.2 Å². The van der Waals surface area contributed by atoms with Crippen molar-refractivity contribution in [2.75, 3.05) is 18.6 Å². The van der Waals surface area contributed by atoms with Crippen LogP contribution >= 0.6 is 11.8 Å². The van der Waals surface area contributed by atoms with Crippen LogP contribution in [0.2, 0.25) is 0 Å². The molecule has 13 heavy (non-hydrogen) atoms. The van der Waals surface area contributed by atoms with E-state index >= 15 is 0 Å². The van der Waals surface area contributed by atoms with Gasteiger partial charge >= 0.3 is 0 Å². The van der Waals surface area contributed by atoms with Crippen molar-refractivity contribution >= 4 is 27.7 Å². The molecule has 3 nitrogen and oxygen atoms in total. The van der Waals surface area contributed by atoms with Crippen molar-refractivity contribution in [3.05, 3.63) is 0 Å². The molecule has 1 saturated heterocycles. The van der Waals surface area contributed by atoms with E-state index in [-0.39, 0.29) is 5.25 Å². The van der Waals surface area contributed by atoms with E-state index in [1.54, 1.807) is 18.0 Å². The third-order valence-corrected chi connectivity index (χ3v) is 4.37. The molecule has 3 atom stereocenters. The lowest BCUT2D eigenvalue weighted by Gasteiger charge is -2.05. The van der Waals surface area contributed by atoms with E-state index in [2.05, 4.69) is 17.2 Å². The molecule has 1 aliphatic heterocycles. The van der Waals surface area contributed by atoms with E-state index in [9.17, 15) is 4.21 Å². The molecule has 1 rings (SSSR count). The Bertz CT molecular complexity index is 230. The summed E-state index contributed by atoms with van der Waals surface area (Å²) in [5, 5.41) is 4.42. The van der Waals surface area contributed by atoms with Crippen molar-refractivity contribution in [2.24, 2.45) is 4.99 Å². The number of nitrogens with zero attached hydrogens (tertiary/aromatic N) is 1. The minimum absolute atomic E-state index is 0.158. The van der Waals surface area contributed by atoms with Crippen LogP contribution in [0.15, 0.2) is 4.99 Å². The number of nitrogens with one attached hydrogen (secondary N) is 1. The molecule has 0 aromatic heterocycles. The zero-order valence-corrected chi connectivity index (χ0v) is 9.87. The van der Waals surface area contributed by atoms with E-state index < -0.39 is 10.8 Å². The second kappa shape index (κ2) is 5.00. The lowest BCUT2D eigenvalue weighted by molar-refractivity contribution is 0.677. The molecular weight excluding hydrogens is 204 g/mol. The zero-order valence-electron chi connectivity index (χ0n) is 8.24. The van der Waals surface area contributed by atoms with Crippen LogP contribution in [0.1, 0.15) is 13.8 Å². The molecule has 1 aliphatic rings. The summed E-state index contributed by atoms with van der Waals surface area (Å²) < 4.78 is 11.0. The summed E-state index contributed by atoms with van der Waals surface area (Å²) in [6.45, 7) is 4.76. The fourth-order valence-electron chi connectivity index (χ4n) is 0.906. The van der Waals surface area contributed by atoms with Crippen LogP contribution in [0, 0.1) is 0 Å². The van der Waals surface area contributed by atoms with Crippen LogP contribution < -0.4 is 5.32 Å². The minimum atomic E-state index is -0.763. The van der Waals surface area contributed by atoms with Gasteiger partial charge in [0.15, 0.2) is 5.17 Å². The van der Waals surface area contributed by atoms with Crippen LogP contribution in [0.4, 0.5) is 0 Å². The summed E-state index contributed by atoms with van der Waals surface area (Å²) in [4.78, 5) is 4.37. The maximum Gasteiger partial charge on any atom is 0.156 e. The number of rotatable bonds is 3. The SMILES string of the molecule is CC1CSC(=NCC(C)S(C)=O)N1. The van der Waals surface area contributed by atoms with Crippen LogP contribution in [-0.2, 0) is 10.8 Å². The van der Waals surface area contributed by atoms with Gasteiger partial charge in [0, 0.05) is 28.9 Å². The van der Waals surface area contributed by atoms with Gasteiger partial charge in [-0.25, -0.2) is 0 Å². The molecule has 76 valence electrons. The van der Waals surface area contributed by atoms with Crippen molar-refractivity contribution in [3.63, 3.8) is 0 Å². The maximum atomic E-state index is 11.0. The van der Waals surface area contributed by atoms with Crippen molar-refractivity contribution in [3.8, 4) is 0 Å². The number of amidine groups is 1. The first-order valence-electron chi connectivity index (χ1n) is 4.35. The zero-order chi connectivity index (χ0) is 9.84. The van der Waals surface area contributed by atoms with E-state index in [0.717, 1.165) is 10.9 Å². The summed E-state index contributed by atoms with van der Waals surface area (Å²) in [6, 6.07) is 0.520. The first kappa shape index (κ1) is 11.0. The molecule has 0 radical (unpaired) electrons. The quantitative estimate of drug-likeness (QED) is 0.766. The highest BCUT2D eigenvalue weighted by molar-refractivity contribution is 8.14. The molecule has 5 heteroatoms. The van der Waals surface area contributed by atoms with Gasteiger partial charge in [0.25, 0.3) is 0 Å². The Kier molecular flexibility index (Phi) is 4.25. The molecule has 0 bridgehead atoms. The Morgan fingerprint density at radius 1 is 1.85 bits per heavy atom. The highest BCUT2D eigenvalue weighted by Crippen LogP contribution is 2.13. The Morgan fingerprint density at radius 2 is 2.54 bits per heavy atom. The molecule has 0 aromatic rings. The van der Waals surface area contributed by atoms with Crippen LogP contribution in [0.5, 0.6) is 0 Å². The molecule has 0 spiro atoms. The summed E-state index contributed by atoms with van der Waals surface area (Å²) in [5.41, 5.74) is 0. The first-order valence-corrected chi connectivity index (χ1v) is 6.96. The van der Waals surface area contributed by atoms with Crippen LogP contribution in [0.3, 0.4) is 0 Å². The average Bonchev–Trinajstić information content (AvgIpc) is 2.47. The third kappa shape index (κ3) is 3.68. The van der Waals surface area contributed by atoms with Crippen molar-refractivity contribution in [1.82, 2.24) is 5.32 Å². The summed E-state index contributed by atoms with van der Waals surface area (Å²) >= 11 is 1.74. The predicted molar refractivity (Wildman–Crippen MR) is 60.9 cm³/mol. The van der Waals surface area contributed by atoms with Gasteiger partial charge in [-0.3, -0.25) is 9.20 Å². The molecule has 3 unspecified atom stereocenters. The van der Waals surface area contributed by atoms with Gasteiger partial charge in [0.1, 0.15) is 0 Å². The van der Waals surface area contributed by atoms with Crippen molar-refractivity contribution in [1.29, 1.82) is 0 Å². The number of hydrogen-bond acceptors (Lipinski definition) is 3. The summed E-state index contributed by atoms with van der Waals surface area (Å²) in [7, 11) is -0.763. The molecule has 0 saturated carbocycles. The largest absolute Gasteiger partial charge is 0.362 e. The highest BCUT2D eigenvalue weighted by Gasteiger charge is 2.15. The third-order valence-electron chi connectivity index (χ3n) is 1.90. The standard InChI is InChI=1S/C8H16N2OS2/c1-6-5-12-8(10-6)9-4-7(2)13(3)11/h6-7H,4-5H2,1-3H3,(H,9,10). The number of thioether (sulfide) groups is 1. The molecule has 0 amide bonds. The summed E-state index contributed by atoms with van der Waals surface area (Å²) in [5.74, 6) is 1.09. The van der Waals surface area contributed by atoms with Gasteiger partial charge in [0.05, 0.1) is 11.8 Å². The predicted octanol–water partition coefficient (Wildman–Crippen LogP) is 0.834. The van der Waals surface area contributed by atoms with Gasteiger partial charge in [0.2, 0.25) is 0 Å². The molecule has 1 heterocycles. The van der Waals surface area contributed by atoms with E-state index in [1.165, 1.54) is 0 Å².